The first kappa shape index (κ1) is 12.6. The molecule has 1 fully saturated rings. The highest BCUT2D eigenvalue weighted by Crippen LogP contribution is 2.16. The van der Waals surface area contributed by atoms with Gasteiger partial charge in [0, 0.05) is 6.42 Å². The molecule has 0 amide bonds. The number of carbonyl (C=O) groups is 1. The van der Waals surface area contributed by atoms with Crippen LogP contribution in [0.25, 0.3) is 0 Å². The van der Waals surface area contributed by atoms with Crippen molar-refractivity contribution >= 4 is 15.0 Å². The second-order valence-corrected chi connectivity index (χ2v) is 6.29. The molecule has 0 aromatic heterocycles. The molecule has 0 aliphatic carbocycles. The standard InChI is InChI=1S/C10H19NO3S/c1-2-15(13,14)10(12)6-5-9-4-3-7-11-8-9/h9,11H,2-8H2,1H3. The zero-order valence-electron chi connectivity index (χ0n) is 9.16. The average Bonchev–Trinajstić information content (AvgIpc) is 2.27. The molecule has 1 saturated heterocycles. The lowest BCUT2D eigenvalue weighted by Crippen LogP contribution is -2.30. The highest BCUT2D eigenvalue weighted by atomic mass is 32.2. The first-order chi connectivity index (χ1) is 7.06. The molecule has 1 aliphatic rings. The number of hydrogen-bond donors (Lipinski definition) is 1. The Kier molecular flexibility index (Phi) is 4.73. The van der Waals surface area contributed by atoms with Crippen LogP contribution in [0.4, 0.5) is 0 Å². The van der Waals surface area contributed by atoms with Gasteiger partial charge in [-0.05, 0) is 38.3 Å². The van der Waals surface area contributed by atoms with Crippen molar-refractivity contribution < 1.29 is 13.2 Å². The first-order valence-electron chi connectivity index (χ1n) is 5.52. The fourth-order valence-corrected chi connectivity index (χ4v) is 2.56. The van der Waals surface area contributed by atoms with Crippen LogP contribution in [0.15, 0.2) is 0 Å². The molecule has 1 aliphatic heterocycles. The summed E-state index contributed by atoms with van der Waals surface area (Å²) in [5, 5.41) is 2.66. The molecule has 1 unspecified atom stereocenters. The van der Waals surface area contributed by atoms with Crippen molar-refractivity contribution in [2.45, 2.75) is 32.6 Å². The Morgan fingerprint density at radius 1 is 1.47 bits per heavy atom. The fraction of sp³-hybridized carbons (Fsp3) is 0.900. The molecule has 1 heterocycles. The third-order valence-electron chi connectivity index (χ3n) is 2.88. The van der Waals surface area contributed by atoms with Crippen LogP contribution in [0.2, 0.25) is 0 Å². The number of hydrogen-bond acceptors (Lipinski definition) is 4. The minimum atomic E-state index is -3.46. The van der Waals surface area contributed by atoms with Gasteiger partial charge in [-0.25, -0.2) is 8.42 Å². The van der Waals surface area contributed by atoms with Gasteiger partial charge in [0.15, 0.2) is 0 Å². The van der Waals surface area contributed by atoms with Crippen molar-refractivity contribution in [3.8, 4) is 0 Å². The van der Waals surface area contributed by atoms with E-state index in [0.717, 1.165) is 25.9 Å². The molecule has 5 heteroatoms. The van der Waals surface area contributed by atoms with Crippen LogP contribution in [0.5, 0.6) is 0 Å². The van der Waals surface area contributed by atoms with Crippen molar-refractivity contribution in [3.05, 3.63) is 0 Å². The summed E-state index contributed by atoms with van der Waals surface area (Å²) in [4.78, 5) is 11.3. The maximum atomic E-state index is 11.3. The summed E-state index contributed by atoms with van der Waals surface area (Å²) >= 11 is 0. The van der Waals surface area contributed by atoms with E-state index in [1.54, 1.807) is 0 Å². The second kappa shape index (κ2) is 5.61. The molecule has 88 valence electrons. The summed E-state index contributed by atoms with van der Waals surface area (Å²) in [7, 11) is -3.46. The molecule has 1 rings (SSSR count). The van der Waals surface area contributed by atoms with Crippen molar-refractivity contribution in [1.29, 1.82) is 0 Å². The van der Waals surface area contributed by atoms with Crippen LogP contribution in [0, 0.1) is 5.92 Å². The highest BCUT2D eigenvalue weighted by Gasteiger charge is 2.21. The van der Waals surface area contributed by atoms with Gasteiger partial charge >= 0.3 is 0 Å². The molecule has 0 aromatic carbocycles. The van der Waals surface area contributed by atoms with E-state index < -0.39 is 15.0 Å². The maximum absolute atomic E-state index is 11.3. The Bertz CT molecular complexity index is 305. The predicted molar refractivity (Wildman–Crippen MR) is 59.3 cm³/mol. The predicted octanol–water partition coefficient (Wildman–Crippen LogP) is 0.728. The normalized spacial score (nSPS) is 22.6. The van der Waals surface area contributed by atoms with E-state index in [0.29, 0.717) is 12.3 Å². The second-order valence-electron chi connectivity index (χ2n) is 4.03. The Hall–Kier alpha value is -0.420. The number of sulfone groups is 1. The molecule has 15 heavy (non-hydrogen) atoms. The summed E-state index contributed by atoms with van der Waals surface area (Å²) in [6.45, 7) is 3.46. The third-order valence-corrected chi connectivity index (χ3v) is 4.54. The van der Waals surface area contributed by atoms with E-state index in [4.69, 9.17) is 0 Å². The van der Waals surface area contributed by atoms with Crippen LogP contribution in [0.1, 0.15) is 32.6 Å². The zero-order valence-corrected chi connectivity index (χ0v) is 9.98. The Labute approximate surface area is 91.4 Å². The Balaban J connectivity index is 2.33. The lowest BCUT2D eigenvalue weighted by molar-refractivity contribution is -0.112. The van der Waals surface area contributed by atoms with E-state index in [-0.39, 0.29) is 12.2 Å². The van der Waals surface area contributed by atoms with E-state index in [1.165, 1.54) is 6.92 Å². The van der Waals surface area contributed by atoms with Crippen LogP contribution >= 0.6 is 0 Å². The Morgan fingerprint density at radius 3 is 2.73 bits per heavy atom. The Morgan fingerprint density at radius 2 is 2.20 bits per heavy atom. The molecule has 4 nitrogen and oxygen atoms in total. The van der Waals surface area contributed by atoms with E-state index in [1.807, 2.05) is 0 Å². The molecular weight excluding hydrogens is 214 g/mol. The summed E-state index contributed by atoms with van der Waals surface area (Å²) < 4.78 is 22.4. The quantitative estimate of drug-likeness (QED) is 0.777. The van der Waals surface area contributed by atoms with Gasteiger partial charge in [-0.1, -0.05) is 6.92 Å². The monoisotopic (exact) mass is 233 g/mol. The van der Waals surface area contributed by atoms with Gasteiger partial charge < -0.3 is 5.32 Å². The molecule has 1 N–H and O–H groups in total. The lowest BCUT2D eigenvalue weighted by Gasteiger charge is -2.22. The minimum Gasteiger partial charge on any atom is -0.316 e. The molecule has 0 spiro atoms. The average molecular weight is 233 g/mol. The van der Waals surface area contributed by atoms with E-state index in [2.05, 4.69) is 5.32 Å². The van der Waals surface area contributed by atoms with Gasteiger partial charge in [-0.3, -0.25) is 4.79 Å². The van der Waals surface area contributed by atoms with Crippen molar-refractivity contribution in [2.75, 3.05) is 18.8 Å². The van der Waals surface area contributed by atoms with Gasteiger partial charge in [0.1, 0.15) is 0 Å². The van der Waals surface area contributed by atoms with Crippen LogP contribution in [-0.4, -0.2) is 32.4 Å². The number of piperidine rings is 1. The van der Waals surface area contributed by atoms with Gasteiger partial charge in [0.05, 0.1) is 5.75 Å². The lowest BCUT2D eigenvalue weighted by atomic mass is 9.95. The van der Waals surface area contributed by atoms with Crippen LogP contribution in [-0.2, 0) is 14.6 Å². The van der Waals surface area contributed by atoms with E-state index in [9.17, 15) is 13.2 Å². The molecule has 0 aromatic rings. The van der Waals surface area contributed by atoms with Crippen molar-refractivity contribution in [1.82, 2.24) is 5.32 Å². The number of nitrogens with one attached hydrogen (secondary N) is 1. The highest BCUT2D eigenvalue weighted by molar-refractivity contribution is 8.06. The molecule has 1 atom stereocenters. The number of carbonyl (C=O) groups excluding carboxylic acids is 1. The largest absolute Gasteiger partial charge is 0.316 e. The third kappa shape index (κ3) is 3.91. The SMILES string of the molecule is CCS(=O)(=O)C(=O)CCC1CCCNC1. The minimum absolute atomic E-state index is 0.0747. The summed E-state index contributed by atoms with van der Waals surface area (Å²) in [6, 6.07) is 0. The maximum Gasteiger partial charge on any atom is 0.246 e. The molecule has 0 bridgehead atoms. The molecular formula is C10H19NO3S. The molecule has 0 saturated carbocycles. The van der Waals surface area contributed by atoms with Gasteiger partial charge in [0.25, 0.3) is 0 Å². The first-order valence-corrected chi connectivity index (χ1v) is 7.18. The van der Waals surface area contributed by atoms with Gasteiger partial charge in [-0.15, -0.1) is 0 Å². The topological polar surface area (TPSA) is 63.2 Å². The van der Waals surface area contributed by atoms with Gasteiger partial charge in [0.2, 0.25) is 15.0 Å². The van der Waals surface area contributed by atoms with Crippen LogP contribution < -0.4 is 5.32 Å². The van der Waals surface area contributed by atoms with Gasteiger partial charge in [-0.2, -0.15) is 0 Å². The number of rotatable bonds is 4. The van der Waals surface area contributed by atoms with Crippen molar-refractivity contribution in [2.24, 2.45) is 5.92 Å². The van der Waals surface area contributed by atoms with Crippen LogP contribution in [0.3, 0.4) is 0 Å². The summed E-state index contributed by atoms with van der Waals surface area (Å²) in [5.41, 5.74) is 0. The summed E-state index contributed by atoms with van der Waals surface area (Å²) in [5.74, 6) is 0.393. The smallest absolute Gasteiger partial charge is 0.246 e. The van der Waals surface area contributed by atoms with E-state index >= 15 is 0 Å². The van der Waals surface area contributed by atoms with Crippen molar-refractivity contribution in [3.63, 3.8) is 0 Å². The zero-order chi connectivity index (χ0) is 11.3. The summed E-state index contributed by atoms with van der Waals surface area (Å²) in [6.07, 6.45) is 3.11. The fourth-order valence-electron chi connectivity index (χ4n) is 1.81. The molecule has 0 radical (unpaired) electrons.